The van der Waals surface area contributed by atoms with Crippen molar-refractivity contribution in [3.05, 3.63) is 59.9 Å². The standard InChI is InChI=1S/C22H26FNO4S/c1-16(2)14-24(22(25)17-7-5-8-17)15-18-6-3-4-9-21(18)28-29(26,27)20-12-10-19(23)11-13-20/h3-4,6,9-13,16-17H,5,7-8,14-15H2,1-2H3. The van der Waals surface area contributed by atoms with Crippen LogP contribution in [-0.2, 0) is 21.5 Å². The van der Waals surface area contributed by atoms with Gasteiger partial charge in [-0.2, -0.15) is 8.42 Å². The predicted octanol–water partition coefficient (Wildman–Crippen LogP) is 4.38. The van der Waals surface area contributed by atoms with Crippen molar-refractivity contribution in [3.63, 3.8) is 0 Å². The Morgan fingerprint density at radius 2 is 1.79 bits per heavy atom. The number of hydrogen-bond donors (Lipinski definition) is 0. The third-order valence-electron chi connectivity index (χ3n) is 4.99. The van der Waals surface area contributed by atoms with E-state index in [0.717, 1.165) is 31.4 Å². The lowest BCUT2D eigenvalue weighted by molar-refractivity contribution is -0.139. The minimum atomic E-state index is -4.11. The van der Waals surface area contributed by atoms with E-state index in [4.69, 9.17) is 4.18 Å². The molecular weight excluding hydrogens is 393 g/mol. The van der Waals surface area contributed by atoms with Crippen molar-refractivity contribution >= 4 is 16.0 Å². The van der Waals surface area contributed by atoms with Gasteiger partial charge in [0.2, 0.25) is 5.91 Å². The molecule has 2 aromatic rings. The number of nitrogens with zero attached hydrogens (tertiary/aromatic N) is 1. The molecule has 1 aliphatic rings. The Kier molecular flexibility index (Phi) is 6.57. The molecule has 3 rings (SSSR count). The largest absolute Gasteiger partial charge is 0.379 e. The highest BCUT2D eigenvalue weighted by molar-refractivity contribution is 7.87. The maximum Gasteiger partial charge on any atom is 0.339 e. The molecule has 1 aliphatic carbocycles. The van der Waals surface area contributed by atoms with Gasteiger partial charge in [0.1, 0.15) is 16.5 Å². The summed E-state index contributed by atoms with van der Waals surface area (Å²) < 4.78 is 43.7. The molecule has 0 aromatic heterocycles. The lowest BCUT2D eigenvalue weighted by atomic mass is 9.84. The van der Waals surface area contributed by atoms with E-state index >= 15 is 0 Å². The fraction of sp³-hybridized carbons (Fsp3) is 0.409. The van der Waals surface area contributed by atoms with Gasteiger partial charge in [0.15, 0.2) is 0 Å². The fourth-order valence-corrected chi connectivity index (χ4v) is 4.24. The first-order chi connectivity index (χ1) is 13.8. The van der Waals surface area contributed by atoms with Gasteiger partial charge in [0.05, 0.1) is 0 Å². The Morgan fingerprint density at radius 1 is 1.14 bits per heavy atom. The number of para-hydroxylation sites is 1. The Labute approximate surface area is 171 Å². The van der Waals surface area contributed by atoms with Gasteiger partial charge >= 0.3 is 10.1 Å². The average molecular weight is 420 g/mol. The van der Waals surface area contributed by atoms with Crippen LogP contribution in [0.3, 0.4) is 0 Å². The highest BCUT2D eigenvalue weighted by Gasteiger charge is 2.30. The molecule has 156 valence electrons. The predicted molar refractivity (Wildman–Crippen MR) is 108 cm³/mol. The maximum absolute atomic E-state index is 13.1. The zero-order chi connectivity index (χ0) is 21.0. The van der Waals surface area contributed by atoms with Gasteiger partial charge in [-0.15, -0.1) is 0 Å². The van der Waals surface area contributed by atoms with Crippen LogP contribution < -0.4 is 4.18 Å². The fourth-order valence-electron chi connectivity index (χ4n) is 3.28. The molecule has 0 radical (unpaired) electrons. The van der Waals surface area contributed by atoms with Gasteiger partial charge < -0.3 is 9.08 Å². The minimum Gasteiger partial charge on any atom is -0.379 e. The maximum atomic E-state index is 13.1. The summed E-state index contributed by atoms with van der Waals surface area (Å²) in [5.41, 5.74) is 0.617. The summed E-state index contributed by atoms with van der Waals surface area (Å²) in [6.07, 6.45) is 2.89. The molecule has 0 spiro atoms. The molecule has 0 unspecified atom stereocenters. The first-order valence-corrected chi connectivity index (χ1v) is 11.2. The van der Waals surface area contributed by atoms with Crippen LogP contribution in [0, 0.1) is 17.7 Å². The van der Waals surface area contributed by atoms with Crippen LogP contribution in [0.5, 0.6) is 5.75 Å². The van der Waals surface area contributed by atoms with E-state index in [1.807, 2.05) is 13.8 Å². The van der Waals surface area contributed by atoms with Crippen LogP contribution in [0.4, 0.5) is 4.39 Å². The van der Waals surface area contributed by atoms with Crippen molar-refractivity contribution < 1.29 is 21.8 Å². The molecule has 0 saturated heterocycles. The molecular formula is C22H26FNO4S. The van der Waals surface area contributed by atoms with Gasteiger partial charge in [-0.1, -0.05) is 38.5 Å². The van der Waals surface area contributed by atoms with E-state index in [9.17, 15) is 17.6 Å². The summed E-state index contributed by atoms with van der Waals surface area (Å²) in [6.45, 7) is 4.96. The number of amides is 1. The molecule has 1 amide bonds. The van der Waals surface area contributed by atoms with Gasteiger partial charge in [-0.05, 0) is 49.1 Å². The van der Waals surface area contributed by atoms with Crippen molar-refractivity contribution in [1.82, 2.24) is 4.90 Å². The Balaban J connectivity index is 1.83. The zero-order valence-corrected chi connectivity index (χ0v) is 17.5. The number of carbonyl (C=O) groups excluding carboxylic acids is 1. The highest BCUT2D eigenvalue weighted by Crippen LogP contribution is 2.30. The summed E-state index contributed by atoms with van der Waals surface area (Å²) >= 11 is 0. The summed E-state index contributed by atoms with van der Waals surface area (Å²) in [6, 6.07) is 11.3. The van der Waals surface area contributed by atoms with E-state index in [0.29, 0.717) is 12.1 Å². The topological polar surface area (TPSA) is 63.7 Å². The van der Waals surface area contributed by atoms with Gasteiger partial charge in [-0.3, -0.25) is 4.79 Å². The van der Waals surface area contributed by atoms with E-state index < -0.39 is 15.9 Å². The van der Waals surface area contributed by atoms with Crippen molar-refractivity contribution in [2.75, 3.05) is 6.54 Å². The van der Waals surface area contributed by atoms with Gasteiger partial charge in [0, 0.05) is 24.6 Å². The van der Waals surface area contributed by atoms with Gasteiger partial charge in [0.25, 0.3) is 0 Å². The molecule has 2 aromatic carbocycles. The Morgan fingerprint density at radius 3 is 2.38 bits per heavy atom. The molecule has 0 heterocycles. The number of hydrogen-bond acceptors (Lipinski definition) is 4. The molecule has 0 aliphatic heterocycles. The number of benzene rings is 2. The lowest BCUT2D eigenvalue weighted by Crippen LogP contribution is -2.40. The summed E-state index contributed by atoms with van der Waals surface area (Å²) in [5.74, 6) is 0.108. The number of halogens is 1. The van der Waals surface area contributed by atoms with Crippen molar-refractivity contribution in [2.24, 2.45) is 11.8 Å². The first-order valence-electron chi connectivity index (χ1n) is 9.83. The number of rotatable bonds is 8. The highest BCUT2D eigenvalue weighted by atomic mass is 32.2. The Hall–Kier alpha value is -2.41. The van der Waals surface area contributed by atoms with Crippen molar-refractivity contribution in [3.8, 4) is 5.75 Å². The Bertz CT molecular complexity index is 953. The van der Waals surface area contributed by atoms with Crippen LogP contribution in [0.1, 0.15) is 38.7 Å². The smallest absolute Gasteiger partial charge is 0.339 e. The van der Waals surface area contributed by atoms with E-state index in [1.165, 1.54) is 12.1 Å². The second-order valence-corrected chi connectivity index (χ2v) is 9.39. The molecule has 1 saturated carbocycles. The molecule has 0 atom stereocenters. The molecule has 0 bridgehead atoms. The second-order valence-electron chi connectivity index (χ2n) is 7.84. The van der Waals surface area contributed by atoms with E-state index in [-0.39, 0.29) is 34.9 Å². The summed E-state index contributed by atoms with van der Waals surface area (Å²) in [5, 5.41) is 0. The molecule has 5 nitrogen and oxygen atoms in total. The minimum absolute atomic E-state index is 0.0600. The van der Waals surface area contributed by atoms with Crippen molar-refractivity contribution in [1.29, 1.82) is 0 Å². The second kappa shape index (κ2) is 8.95. The molecule has 1 fully saturated rings. The van der Waals surface area contributed by atoms with Crippen LogP contribution in [-0.4, -0.2) is 25.8 Å². The quantitative estimate of drug-likeness (QED) is 0.596. The van der Waals surface area contributed by atoms with Crippen LogP contribution in [0.15, 0.2) is 53.4 Å². The van der Waals surface area contributed by atoms with E-state index in [2.05, 4.69) is 0 Å². The first kappa shape index (κ1) is 21.3. The summed E-state index contributed by atoms with van der Waals surface area (Å²) in [4.78, 5) is 14.5. The SMILES string of the molecule is CC(C)CN(Cc1ccccc1OS(=O)(=O)c1ccc(F)cc1)C(=O)C1CCC1. The van der Waals surface area contributed by atoms with Crippen LogP contribution in [0.2, 0.25) is 0 Å². The van der Waals surface area contributed by atoms with Crippen LogP contribution >= 0.6 is 0 Å². The monoisotopic (exact) mass is 419 g/mol. The normalized spacial score (nSPS) is 14.5. The molecule has 29 heavy (non-hydrogen) atoms. The molecule has 0 N–H and O–H groups in total. The number of carbonyl (C=O) groups is 1. The third-order valence-corrected chi connectivity index (χ3v) is 6.24. The molecule has 7 heteroatoms. The van der Waals surface area contributed by atoms with Crippen molar-refractivity contribution in [2.45, 2.75) is 44.6 Å². The van der Waals surface area contributed by atoms with E-state index in [1.54, 1.807) is 29.2 Å². The zero-order valence-electron chi connectivity index (χ0n) is 16.7. The van der Waals surface area contributed by atoms with Gasteiger partial charge in [-0.25, -0.2) is 4.39 Å². The lowest BCUT2D eigenvalue weighted by Gasteiger charge is -2.33. The average Bonchev–Trinajstić information content (AvgIpc) is 2.61. The third kappa shape index (κ3) is 5.35. The summed E-state index contributed by atoms with van der Waals surface area (Å²) in [7, 11) is -4.11. The van der Waals surface area contributed by atoms with Crippen LogP contribution in [0.25, 0.3) is 0 Å².